The first-order chi connectivity index (χ1) is 28.8. The molecule has 0 aliphatic carbocycles. The van der Waals surface area contributed by atoms with Crippen molar-refractivity contribution in [2.45, 2.75) is 220 Å². The zero-order chi connectivity index (χ0) is 49.8. The van der Waals surface area contributed by atoms with Crippen molar-refractivity contribution in [3.05, 3.63) is 0 Å². The van der Waals surface area contributed by atoms with E-state index in [9.17, 15) is 39.0 Å². The Labute approximate surface area is 374 Å². The fraction of sp³-hybridized carbons (Fsp3) is 0.867. The highest BCUT2D eigenvalue weighted by Crippen LogP contribution is 2.25. The lowest BCUT2D eigenvalue weighted by atomic mass is 9.95. The van der Waals surface area contributed by atoms with E-state index in [1.165, 1.54) is 14.1 Å². The summed E-state index contributed by atoms with van der Waals surface area (Å²) in [5.41, 5.74) is 2.40. The molecule has 0 aromatic carbocycles. The van der Waals surface area contributed by atoms with Crippen LogP contribution in [0.4, 0.5) is 0 Å². The van der Waals surface area contributed by atoms with E-state index in [-0.39, 0.29) is 75.1 Å². The summed E-state index contributed by atoms with van der Waals surface area (Å²) in [6.45, 7) is 19.8. The summed E-state index contributed by atoms with van der Waals surface area (Å²) in [4.78, 5) is 64.6. The minimum Gasteiger partial charge on any atom is -0.481 e. The van der Waals surface area contributed by atoms with Crippen LogP contribution in [0.2, 0.25) is 0 Å². The van der Waals surface area contributed by atoms with Crippen molar-refractivity contribution in [2.75, 3.05) is 34.4 Å². The van der Waals surface area contributed by atoms with E-state index in [2.05, 4.69) is 44.1 Å². The number of hydrogen-bond donors (Lipinski definition) is 9. The van der Waals surface area contributed by atoms with Crippen LogP contribution < -0.4 is 16.4 Å². The smallest absolute Gasteiger partial charge is 0.306 e. The van der Waals surface area contributed by atoms with Crippen LogP contribution in [0.5, 0.6) is 0 Å². The highest BCUT2D eigenvalue weighted by Gasteiger charge is 2.28. The summed E-state index contributed by atoms with van der Waals surface area (Å²) >= 11 is 0. The first-order valence-electron chi connectivity index (χ1n) is 22.3. The Balaban J connectivity index is -0.000000161. The van der Waals surface area contributed by atoms with E-state index < -0.39 is 34.7 Å². The number of nitrogens with two attached hydrogens (primary N) is 1. The Morgan fingerprint density at radius 3 is 0.935 bits per heavy atom. The standard InChI is InChI=1S/C13H25NO3.C12H22O4.C8H18O.C6H14O3.C5H9NO3.CH5N/c1-5-9-13(3,10-6-2)17-12(16)8-7-11(15)14-4;1-4-8-12(3,9-5-2)16-11(15)7-6-10(13)14;1-4-6-8(3,9)7-5-2;1-6(9,2-4-7)3-5-8;1-6-4(7)2-3-5(8)9;1-2/h5-10H2,1-4H3,(H,14,15);4-9H2,1-3H3,(H,13,14);9H,4-7H2,1-3H3;7-9H,2-5H2,1H3;2-3H2,1H3,(H,6,7)(H,8,9);2H2,1H3. The van der Waals surface area contributed by atoms with Crippen LogP contribution in [0.25, 0.3) is 0 Å². The van der Waals surface area contributed by atoms with E-state index in [4.69, 9.17) is 29.9 Å². The van der Waals surface area contributed by atoms with Gasteiger partial charge in [-0.15, -0.1) is 0 Å². The number of carbonyl (C=O) groups excluding carboxylic acids is 4. The van der Waals surface area contributed by atoms with E-state index in [1.54, 1.807) is 14.0 Å². The largest absolute Gasteiger partial charge is 0.481 e. The van der Waals surface area contributed by atoms with E-state index in [1.807, 2.05) is 34.6 Å². The summed E-state index contributed by atoms with van der Waals surface area (Å²) in [5.74, 6) is -2.97. The monoisotopic (exact) mass is 900 g/mol. The van der Waals surface area contributed by atoms with Gasteiger partial charge in [-0.1, -0.05) is 80.1 Å². The van der Waals surface area contributed by atoms with E-state index in [0.717, 1.165) is 77.0 Å². The maximum atomic E-state index is 11.6. The summed E-state index contributed by atoms with van der Waals surface area (Å²) in [6, 6.07) is 0. The van der Waals surface area contributed by atoms with Gasteiger partial charge in [0.05, 0.1) is 36.9 Å². The Hall–Kier alpha value is -3.38. The molecule has 0 rings (SSSR count). The summed E-state index contributed by atoms with van der Waals surface area (Å²) in [5, 5.41) is 56.8. The molecule has 372 valence electrons. The van der Waals surface area contributed by atoms with E-state index in [0.29, 0.717) is 12.8 Å². The zero-order valence-corrected chi connectivity index (χ0v) is 41.1. The zero-order valence-electron chi connectivity index (χ0n) is 41.1. The van der Waals surface area contributed by atoms with Gasteiger partial charge in [0.15, 0.2) is 0 Å². The van der Waals surface area contributed by atoms with Gasteiger partial charge < -0.3 is 56.5 Å². The molecule has 0 fully saturated rings. The molecule has 10 N–H and O–H groups in total. The van der Waals surface area contributed by atoms with Crippen LogP contribution in [0.3, 0.4) is 0 Å². The normalized spacial score (nSPS) is 10.7. The molecule has 0 aliphatic rings. The van der Waals surface area contributed by atoms with Gasteiger partial charge in [-0.2, -0.15) is 0 Å². The van der Waals surface area contributed by atoms with Crippen LogP contribution in [-0.2, 0) is 38.2 Å². The summed E-state index contributed by atoms with van der Waals surface area (Å²) in [7, 11) is 4.54. The predicted molar refractivity (Wildman–Crippen MR) is 244 cm³/mol. The van der Waals surface area contributed by atoms with Crippen LogP contribution >= 0.6 is 0 Å². The lowest BCUT2D eigenvalue weighted by Gasteiger charge is -2.29. The number of esters is 2. The fourth-order valence-electron chi connectivity index (χ4n) is 5.93. The minimum atomic E-state index is -0.968. The molecule has 0 aromatic rings. The van der Waals surface area contributed by atoms with Gasteiger partial charge >= 0.3 is 23.9 Å². The number of aliphatic carboxylic acids is 2. The molecule has 2 amide bonds. The third-order valence-corrected chi connectivity index (χ3v) is 8.94. The maximum Gasteiger partial charge on any atom is 0.306 e. The molecule has 0 aromatic heterocycles. The first-order valence-corrected chi connectivity index (χ1v) is 22.3. The summed E-state index contributed by atoms with van der Waals surface area (Å²) < 4.78 is 10.9. The number of hydrogen-bond acceptors (Lipinski definition) is 13. The molecule has 0 spiro atoms. The summed E-state index contributed by atoms with van der Waals surface area (Å²) in [6.07, 6.45) is 12.0. The SMILES string of the molecule is CC(O)(CCO)CCO.CCCC(C)(CCC)OC(=O)CCC(=O)NC.CCCC(C)(CCC)OC(=O)CCC(=O)O.CCCC(C)(O)CCC.CN.CNC(=O)CCC(=O)O. The van der Waals surface area contributed by atoms with Gasteiger partial charge in [0.25, 0.3) is 0 Å². The number of aliphatic hydroxyl groups excluding tert-OH is 2. The minimum absolute atomic E-state index is 0.0347. The van der Waals surface area contributed by atoms with Crippen LogP contribution in [0, 0.1) is 0 Å². The fourth-order valence-corrected chi connectivity index (χ4v) is 5.93. The number of amides is 2. The molecule has 0 unspecified atom stereocenters. The van der Waals surface area contributed by atoms with Gasteiger partial charge in [-0.3, -0.25) is 28.8 Å². The number of carboxylic acids is 2. The third kappa shape index (κ3) is 52.8. The van der Waals surface area contributed by atoms with Gasteiger partial charge in [-0.25, -0.2) is 0 Å². The molecule has 17 nitrogen and oxygen atoms in total. The third-order valence-electron chi connectivity index (χ3n) is 8.94. The van der Waals surface area contributed by atoms with Gasteiger partial charge in [0.2, 0.25) is 11.8 Å². The predicted octanol–water partition coefficient (Wildman–Crippen LogP) is 6.18. The first kappa shape index (κ1) is 70.3. The lowest BCUT2D eigenvalue weighted by Crippen LogP contribution is -2.32. The molecule has 0 heterocycles. The van der Waals surface area contributed by atoms with Gasteiger partial charge in [0.1, 0.15) is 11.2 Å². The van der Waals surface area contributed by atoms with Crippen molar-refractivity contribution in [3.8, 4) is 0 Å². The Morgan fingerprint density at radius 2 is 0.694 bits per heavy atom. The van der Waals surface area contributed by atoms with Crippen molar-refractivity contribution in [1.82, 2.24) is 10.6 Å². The molecule has 0 atom stereocenters. The van der Waals surface area contributed by atoms with Crippen LogP contribution in [0.15, 0.2) is 0 Å². The van der Waals surface area contributed by atoms with Crippen LogP contribution in [0.1, 0.15) is 198 Å². The Kier molecular flexibility index (Phi) is 50.2. The van der Waals surface area contributed by atoms with Crippen LogP contribution in [-0.4, -0.2) is 123 Å². The van der Waals surface area contributed by atoms with Crippen molar-refractivity contribution < 1.29 is 68.9 Å². The number of nitrogens with one attached hydrogen (secondary N) is 2. The molecule has 62 heavy (non-hydrogen) atoms. The second-order valence-electron chi connectivity index (χ2n) is 15.9. The van der Waals surface area contributed by atoms with Gasteiger partial charge in [0, 0.05) is 40.2 Å². The number of ether oxygens (including phenoxy) is 2. The quantitative estimate of drug-likeness (QED) is 0.0416. The molecule has 0 saturated carbocycles. The molecule has 0 radical (unpaired) electrons. The Bertz CT molecular complexity index is 1090. The maximum absolute atomic E-state index is 11.6. The molecule has 0 aliphatic heterocycles. The van der Waals surface area contributed by atoms with Crippen molar-refractivity contribution in [2.24, 2.45) is 5.73 Å². The Morgan fingerprint density at radius 1 is 0.452 bits per heavy atom. The van der Waals surface area contributed by atoms with Crippen molar-refractivity contribution in [3.63, 3.8) is 0 Å². The van der Waals surface area contributed by atoms with Crippen molar-refractivity contribution in [1.29, 1.82) is 0 Å². The topological polar surface area (TPSA) is 292 Å². The molecular weight excluding hydrogens is 807 g/mol. The average molecular weight is 900 g/mol. The number of carboxylic acid groups (broad SMARTS) is 2. The highest BCUT2D eigenvalue weighted by molar-refractivity contribution is 5.81. The average Bonchev–Trinajstić information content (AvgIpc) is 3.17. The number of rotatable bonds is 27. The molecule has 17 heteroatoms. The number of aliphatic hydroxyl groups is 4. The molecule has 0 saturated heterocycles. The highest BCUT2D eigenvalue weighted by atomic mass is 16.6. The lowest BCUT2D eigenvalue weighted by molar-refractivity contribution is -0.161. The van der Waals surface area contributed by atoms with Crippen molar-refractivity contribution >= 4 is 35.7 Å². The molecular formula is C45H93N3O14. The second kappa shape index (κ2) is 44.2. The second-order valence-corrected chi connectivity index (χ2v) is 15.9. The number of carbonyl (C=O) groups is 6. The van der Waals surface area contributed by atoms with E-state index >= 15 is 0 Å². The van der Waals surface area contributed by atoms with Gasteiger partial charge in [-0.05, 0) is 86.1 Å². The molecule has 0 bridgehead atoms.